The second-order valence-corrected chi connectivity index (χ2v) is 7.42. The third kappa shape index (κ3) is 4.74. The maximum Gasteiger partial charge on any atom is 0.416 e. The number of benzene rings is 2. The number of carbonyl (C=O) groups is 1. The monoisotopic (exact) mass is 430 g/mol. The summed E-state index contributed by atoms with van der Waals surface area (Å²) in [6, 6.07) is 8.33. The van der Waals surface area contributed by atoms with Crippen molar-refractivity contribution < 1.29 is 22.7 Å². The molecule has 1 saturated heterocycles. The van der Waals surface area contributed by atoms with Crippen LogP contribution in [0.5, 0.6) is 0 Å². The number of amides is 1. The van der Waals surface area contributed by atoms with Crippen molar-refractivity contribution >= 4 is 40.6 Å². The van der Waals surface area contributed by atoms with Crippen LogP contribution in [0, 0.1) is 0 Å². The minimum Gasteiger partial charge on any atom is -0.378 e. The summed E-state index contributed by atoms with van der Waals surface area (Å²) >= 11 is 7.57. The molecule has 1 fully saturated rings. The lowest BCUT2D eigenvalue weighted by molar-refractivity contribution is -0.137. The summed E-state index contributed by atoms with van der Waals surface area (Å²) in [6.07, 6.45) is -2.66. The van der Waals surface area contributed by atoms with E-state index in [0.29, 0.717) is 32.0 Å². The Morgan fingerprint density at radius 1 is 1.18 bits per heavy atom. The van der Waals surface area contributed by atoms with E-state index in [2.05, 4.69) is 5.32 Å². The molecule has 0 saturated carbocycles. The molecule has 1 amide bonds. The summed E-state index contributed by atoms with van der Waals surface area (Å²) in [5.74, 6) is -0.560. The first-order valence-electron chi connectivity index (χ1n) is 8.48. The van der Waals surface area contributed by atoms with Crippen LogP contribution in [0.4, 0.5) is 24.5 Å². The minimum absolute atomic E-state index is 0.0901. The number of morpholine rings is 1. The summed E-state index contributed by atoms with van der Waals surface area (Å²) in [5, 5.41) is 2.85. The Hall–Kier alpha value is -1.90. The van der Waals surface area contributed by atoms with Gasteiger partial charge in [-0.1, -0.05) is 11.6 Å². The van der Waals surface area contributed by atoms with Crippen LogP contribution < -0.4 is 10.2 Å². The van der Waals surface area contributed by atoms with Gasteiger partial charge in [0.25, 0.3) is 5.91 Å². The third-order valence-electron chi connectivity index (χ3n) is 4.34. The van der Waals surface area contributed by atoms with E-state index in [0.717, 1.165) is 17.0 Å². The number of alkyl halides is 3. The quantitative estimate of drug-likeness (QED) is 0.679. The maximum absolute atomic E-state index is 13.2. The Bertz CT molecular complexity index is 871. The molecule has 1 N–H and O–H groups in total. The highest BCUT2D eigenvalue weighted by Crippen LogP contribution is 2.36. The van der Waals surface area contributed by atoms with E-state index in [9.17, 15) is 18.0 Å². The predicted molar refractivity (Wildman–Crippen MR) is 106 cm³/mol. The summed E-state index contributed by atoms with van der Waals surface area (Å²) < 4.78 is 44.9. The Morgan fingerprint density at radius 2 is 1.89 bits per heavy atom. The normalized spacial score (nSPS) is 14.8. The van der Waals surface area contributed by atoms with E-state index in [4.69, 9.17) is 16.3 Å². The second kappa shape index (κ2) is 8.63. The number of thioether (sulfide) groups is 1. The fraction of sp³-hybridized carbons (Fsp3) is 0.316. The van der Waals surface area contributed by atoms with Gasteiger partial charge in [0, 0.05) is 18.0 Å². The summed E-state index contributed by atoms with van der Waals surface area (Å²) in [5.41, 5.74) is -0.0169. The van der Waals surface area contributed by atoms with Gasteiger partial charge in [-0.15, -0.1) is 11.8 Å². The fourth-order valence-corrected chi connectivity index (χ4v) is 3.53. The first-order chi connectivity index (χ1) is 13.3. The fourth-order valence-electron chi connectivity index (χ4n) is 2.89. The molecule has 28 heavy (non-hydrogen) atoms. The largest absolute Gasteiger partial charge is 0.416 e. The molecule has 3 rings (SSSR count). The molecule has 0 radical (unpaired) electrons. The molecule has 1 aliphatic rings. The van der Waals surface area contributed by atoms with Crippen LogP contribution in [-0.2, 0) is 10.9 Å². The van der Waals surface area contributed by atoms with Crippen LogP contribution in [0.1, 0.15) is 15.9 Å². The molecule has 0 atom stereocenters. The maximum atomic E-state index is 13.2. The van der Waals surface area contributed by atoms with Crippen LogP contribution >= 0.6 is 23.4 Å². The number of nitrogens with one attached hydrogen (secondary N) is 1. The molecule has 1 heterocycles. The highest BCUT2D eigenvalue weighted by Gasteiger charge is 2.32. The highest BCUT2D eigenvalue weighted by atomic mass is 35.5. The molecule has 0 aromatic heterocycles. The van der Waals surface area contributed by atoms with Gasteiger partial charge in [-0.3, -0.25) is 4.79 Å². The smallest absolute Gasteiger partial charge is 0.378 e. The summed E-state index contributed by atoms with van der Waals surface area (Å²) in [7, 11) is 0. The Morgan fingerprint density at radius 3 is 2.54 bits per heavy atom. The average molecular weight is 431 g/mol. The van der Waals surface area contributed by atoms with Gasteiger partial charge in [0.05, 0.1) is 40.7 Å². The number of carbonyl (C=O) groups excluding carboxylic acids is 1. The van der Waals surface area contributed by atoms with Gasteiger partial charge in [-0.2, -0.15) is 13.2 Å². The van der Waals surface area contributed by atoms with Crippen molar-refractivity contribution in [1.29, 1.82) is 0 Å². The molecule has 0 unspecified atom stereocenters. The van der Waals surface area contributed by atoms with Crippen LogP contribution in [0.25, 0.3) is 0 Å². The molecule has 0 spiro atoms. The Kier molecular flexibility index (Phi) is 6.42. The minimum atomic E-state index is -4.51. The van der Waals surface area contributed by atoms with Gasteiger partial charge in [0.2, 0.25) is 0 Å². The zero-order valence-corrected chi connectivity index (χ0v) is 16.5. The van der Waals surface area contributed by atoms with E-state index >= 15 is 0 Å². The Balaban J connectivity index is 1.97. The number of rotatable bonds is 4. The number of hydrogen-bond donors (Lipinski definition) is 1. The molecular formula is C19H18ClF3N2O2S. The number of halogens is 4. The van der Waals surface area contributed by atoms with Crippen molar-refractivity contribution in [2.24, 2.45) is 0 Å². The van der Waals surface area contributed by atoms with Gasteiger partial charge in [-0.05, 0) is 42.7 Å². The average Bonchev–Trinajstić information content (AvgIpc) is 2.68. The van der Waals surface area contributed by atoms with Crippen molar-refractivity contribution in [3.63, 3.8) is 0 Å². The number of nitrogens with zero attached hydrogens (tertiary/aromatic N) is 1. The molecule has 0 aliphatic carbocycles. The van der Waals surface area contributed by atoms with Gasteiger partial charge < -0.3 is 15.0 Å². The first kappa shape index (κ1) is 20.8. The number of hydrogen-bond acceptors (Lipinski definition) is 4. The Labute approximate surface area is 170 Å². The third-order valence-corrected chi connectivity index (χ3v) is 5.40. The molecule has 0 bridgehead atoms. The van der Waals surface area contributed by atoms with Crippen molar-refractivity contribution in [1.82, 2.24) is 0 Å². The standard InChI is InChI=1S/C19H18ClF3N2O2S/c1-28-13-3-4-15(20)14(11-13)18(26)24-16-10-12(19(21,22)23)2-5-17(16)25-6-8-27-9-7-25/h2-5,10-11H,6-9H2,1H3,(H,24,26). The number of ether oxygens (including phenoxy) is 1. The topological polar surface area (TPSA) is 41.6 Å². The van der Waals surface area contributed by atoms with Crippen molar-refractivity contribution in [3.05, 3.63) is 52.5 Å². The number of anilines is 2. The molecule has 4 nitrogen and oxygen atoms in total. The lowest BCUT2D eigenvalue weighted by Gasteiger charge is -2.31. The van der Waals surface area contributed by atoms with Crippen LogP contribution in [0.15, 0.2) is 41.3 Å². The SMILES string of the molecule is CSc1ccc(Cl)c(C(=O)Nc2cc(C(F)(F)F)ccc2N2CCOCC2)c1. The van der Waals surface area contributed by atoms with Crippen molar-refractivity contribution in [3.8, 4) is 0 Å². The second-order valence-electron chi connectivity index (χ2n) is 6.13. The van der Waals surface area contributed by atoms with Gasteiger partial charge in [-0.25, -0.2) is 0 Å². The van der Waals surface area contributed by atoms with Crippen LogP contribution in [-0.4, -0.2) is 38.5 Å². The lowest BCUT2D eigenvalue weighted by Crippen LogP contribution is -2.36. The van der Waals surface area contributed by atoms with Gasteiger partial charge >= 0.3 is 6.18 Å². The molecule has 2 aromatic carbocycles. The summed E-state index contributed by atoms with van der Waals surface area (Å²) in [4.78, 5) is 15.5. The molecule has 1 aliphatic heterocycles. The van der Waals surface area contributed by atoms with E-state index in [1.807, 2.05) is 11.2 Å². The first-order valence-corrected chi connectivity index (χ1v) is 10.1. The molecular weight excluding hydrogens is 413 g/mol. The zero-order valence-electron chi connectivity index (χ0n) is 15.0. The van der Waals surface area contributed by atoms with E-state index < -0.39 is 17.6 Å². The van der Waals surface area contributed by atoms with E-state index in [1.54, 1.807) is 18.2 Å². The summed E-state index contributed by atoms with van der Waals surface area (Å²) in [6.45, 7) is 1.99. The predicted octanol–water partition coefficient (Wildman–Crippen LogP) is 5.17. The van der Waals surface area contributed by atoms with Gasteiger partial charge in [0.1, 0.15) is 0 Å². The molecule has 150 valence electrons. The van der Waals surface area contributed by atoms with Crippen molar-refractivity contribution in [2.75, 3.05) is 42.8 Å². The van der Waals surface area contributed by atoms with Crippen LogP contribution in [0.2, 0.25) is 5.02 Å². The van der Waals surface area contributed by atoms with Gasteiger partial charge in [0.15, 0.2) is 0 Å². The van der Waals surface area contributed by atoms with Crippen LogP contribution in [0.3, 0.4) is 0 Å². The lowest BCUT2D eigenvalue weighted by atomic mass is 10.1. The van der Waals surface area contributed by atoms with Crippen molar-refractivity contribution in [2.45, 2.75) is 11.1 Å². The van der Waals surface area contributed by atoms with E-state index in [-0.39, 0.29) is 16.3 Å². The molecule has 9 heteroatoms. The zero-order chi connectivity index (χ0) is 20.3. The van der Waals surface area contributed by atoms with E-state index in [1.165, 1.54) is 17.8 Å². The molecule has 2 aromatic rings. The highest BCUT2D eigenvalue weighted by molar-refractivity contribution is 7.98.